The molecule has 0 aromatic heterocycles. The van der Waals surface area contributed by atoms with Gasteiger partial charge in [-0.05, 0) is 80.0 Å². The van der Waals surface area contributed by atoms with Crippen LogP contribution in [0.1, 0.15) is 92.4 Å². The number of rotatable bonds is 6. The number of hydrogen-bond donors (Lipinski definition) is 1. The minimum Gasteiger partial charge on any atom is -0.481 e. The standard InChI is InChI=1S/C28H42O7/c1-15(6-9-25(32)33)20-7-8-21-26-22(14-24(28(20,21)5)35-17(3)30)27(4)11-10-19(34-16(2)29)12-18(27)13-23(26)31/h15,18-22,24,26H,6-14H2,1-5H3,(H,32,33)/t15-,18-,19+,20+,21+,22-,24-,26+,27-,28+/m0/s1. The molecule has 7 heteroatoms. The SMILES string of the molecule is CC(=O)O[C@@H]1CC[C@@]2(C)[C@H](CC(=O)[C@@H]3[C@H]4CC[C@H]([C@@H](C)CCC(=O)O)[C@@]4(C)[C@@H](OC(C)=O)C[C@@H]32)C1. The third kappa shape index (κ3) is 4.53. The fraction of sp³-hybridized carbons (Fsp3) is 0.857. The van der Waals surface area contributed by atoms with Crippen LogP contribution in [0, 0.1) is 46.3 Å². The average molecular weight is 491 g/mol. The van der Waals surface area contributed by atoms with Crippen LogP contribution in [0.5, 0.6) is 0 Å². The predicted octanol–water partition coefficient (Wildman–Crippen LogP) is 4.80. The van der Waals surface area contributed by atoms with Gasteiger partial charge in [-0.3, -0.25) is 19.2 Å². The minimum absolute atomic E-state index is 0.0463. The molecule has 10 atom stereocenters. The zero-order chi connectivity index (χ0) is 25.7. The van der Waals surface area contributed by atoms with Gasteiger partial charge in [0, 0.05) is 38.0 Å². The van der Waals surface area contributed by atoms with Crippen molar-refractivity contribution >= 4 is 23.7 Å². The molecule has 7 nitrogen and oxygen atoms in total. The summed E-state index contributed by atoms with van der Waals surface area (Å²) in [5, 5.41) is 9.23. The molecule has 0 aliphatic heterocycles. The van der Waals surface area contributed by atoms with E-state index in [-0.39, 0.29) is 76.9 Å². The maximum atomic E-state index is 13.8. The number of esters is 2. The second kappa shape index (κ2) is 9.51. The van der Waals surface area contributed by atoms with Crippen molar-refractivity contribution < 1.29 is 33.8 Å². The third-order valence-corrected chi connectivity index (χ3v) is 10.7. The molecule has 0 bridgehead atoms. The second-order valence-electron chi connectivity index (χ2n) is 12.4. The van der Waals surface area contributed by atoms with E-state index in [1.54, 1.807) is 0 Å². The Hall–Kier alpha value is -1.92. The van der Waals surface area contributed by atoms with Gasteiger partial charge in [0.2, 0.25) is 0 Å². The molecule has 35 heavy (non-hydrogen) atoms. The van der Waals surface area contributed by atoms with Crippen molar-refractivity contribution in [1.29, 1.82) is 0 Å². The van der Waals surface area contributed by atoms with E-state index < -0.39 is 5.97 Å². The van der Waals surface area contributed by atoms with Gasteiger partial charge in [-0.1, -0.05) is 20.8 Å². The average Bonchev–Trinajstić information content (AvgIpc) is 3.11. The first-order valence-electron chi connectivity index (χ1n) is 13.5. The van der Waals surface area contributed by atoms with Gasteiger partial charge in [-0.15, -0.1) is 0 Å². The number of ether oxygens (including phenoxy) is 2. The van der Waals surface area contributed by atoms with Crippen molar-refractivity contribution in [1.82, 2.24) is 0 Å². The highest BCUT2D eigenvalue weighted by Gasteiger charge is 2.67. The molecule has 0 aromatic carbocycles. The summed E-state index contributed by atoms with van der Waals surface area (Å²) < 4.78 is 11.6. The normalized spacial score (nSPS) is 43.3. The third-order valence-electron chi connectivity index (χ3n) is 10.7. The van der Waals surface area contributed by atoms with Gasteiger partial charge in [0.1, 0.15) is 18.0 Å². The van der Waals surface area contributed by atoms with Gasteiger partial charge in [0.25, 0.3) is 0 Å². The van der Waals surface area contributed by atoms with Gasteiger partial charge in [0.05, 0.1) is 0 Å². The quantitative estimate of drug-likeness (QED) is 0.533. The summed E-state index contributed by atoms with van der Waals surface area (Å²) in [5.41, 5.74) is -0.388. The highest BCUT2D eigenvalue weighted by atomic mass is 16.5. The highest BCUT2D eigenvalue weighted by molar-refractivity contribution is 5.83. The van der Waals surface area contributed by atoms with E-state index in [0.29, 0.717) is 25.0 Å². The fourth-order valence-corrected chi connectivity index (χ4v) is 9.07. The van der Waals surface area contributed by atoms with E-state index >= 15 is 0 Å². The summed E-state index contributed by atoms with van der Waals surface area (Å²) in [4.78, 5) is 48.8. The van der Waals surface area contributed by atoms with Crippen molar-refractivity contribution in [3.63, 3.8) is 0 Å². The number of carbonyl (C=O) groups is 4. The zero-order valence-electron chi connectivity index (χ0n) is 21.9. The number of carboxylic acid groups (broad SMARTS) is 1. The molecule has 0 saturated heterocycles. The predicted molar refractivity (Wildman–Crippen MR) is 128 cm³/mol. The lowest BCUT2D eigenvalue weighted by molar-refractivity contribution is -0.197. The Morgan fingerprint density at radius 2 is 1.71 bits per heavy atom. The van der Waals surface area contributed by atoms with E-state index in [9.17, 15) is 24.3 Å². The summed E-state index contributed by atoms with van der Waals surface area (Å²) in [5.74, 6) is -0.233. The van der Waals surface area contributed by atoms with E-state index in [4.69, 9.17) is 9.47 Å². The zero-order valence-corrected chi connectivity index (χ0v) is 21.9. The summed E-state index contributed by atoms with van der Waals surface area (Å²) >= 11 is 0. The smallest absolute Gasteiger partial charge is 0.303 e. The van der Waals surface area contributed by atoms with Gasteiger partial charge in [0.15, 0.2) is 0 Å². The van der Waals surface area contributed by atoms with Gasteiger partial charge < -0.3 is 14.6 Å². The summed E-state index contributed by atoms with van der Waals surface area (Å²) in [6.45, 7) is 9.53. The number of Topliss-reactive ketones (excluding diaryl/α,β-unsaturated/α-hetero) is 1. The molecule has 4 rings (SSSR count). The Morgan fingerprint density at radius 1 is 1.03 bits per heavy atom. The molecule has 0 unspecified atom stereocenters. The largest absolute Gasteiger partial charge is 0.481 e. The molecule has 0 amide bonds. The van der Waals surface area contributed by atoms with E-state index in [1.165, 1.54) is 13.8 Å². The van der Waals surface area contributed by atoms with Crippen LogP contribution in [0.4, 0.5) is 0 Å². The lowest BCUT2D eigenvalue weighted by atomic mass is 9.43. The Kier molecular flexibility index (Phi) is 7.11. The number of carbonyl (C=O) groups excluding carboxylic acids is 3. The van der Waals surface area contributed by atoms with Crippen LogP contribution < -0.4 is 0 Å². The van der Waals surface area contributed by atoms with Crippen LogP contribution in [0.3, 0.4) is 0 Å². The summed E-state index contributed by atoms with van der Waals surface area (Å²) in [6, 6.07) is 0. The Morgan fingerprint density at radius 3 is 2.34 bits per heavy atom. The molecule has 4 fully saturated rings. The molecular weight excluding hydrogens is 448 g/mol. The molecular formula is C28H42O7. The van der Waals surface area contributed by atoms with Crippen molar-refractivity contribution in [3.8, 4) is 0 Å². The maximum Gasteiger partial charge on any atom is 0.303 e. The fourth-order valence-electron chi connectivity index (χ4n) is 9.07. The number of hydrogen-bond acceptors (Lipinski definition) is 6. The number of ketones is 1. The molecule has 1 N–H and O–H groups in total. The molecule has 4 aliphatic rings. The van der Waals surface area contributed by atoms with E-state index in [0.717, 1.165) is 32.1 Å². The summed E-state index contributed by atoms with van der Waals surface area (Å²) in [7, 11) is 0. The Balaban J connectivity index is 1.65. The molecule has 4 aliphatic carbocycles. The lowest BCUT2D eigenvalue weighted by Crippen LogP contribution is -2.62. The number of carboxylic acids is 1. The molecule has 196 valence electrons. The van der Waals surface area contributed by atoms with Crippen LogP contribution >= 0.6 is 0 Å². The van der Waals surface area contributed by atoms with Crippen LogP contribution in [-0.4, -0.2) is 41.0 Å². The molecule has 4 saturated carbocycles. The first-order chi connectivity index (χ1) is 16.4. The van der Waals surface area contributed by atoms with Gasteiger partial charge >= 0.3 is 17.9 Å². The topological polar surface area (TPSA) is 107 Å². The minimum atomic E-state index is -0.789. The number of aliphatic carboxylic acids is 1. The van der Waals surface area contributed by atoms with Crippen LogP contribution in [0.15, 0.2) is 0 Å². The Bertz CT molecular complexity index is 883. The highest BCUT2D eigenvalue weighted by Crippen LogP contribution is 2.68. The molecule has 0 aromatic rings. The maximum absolute atomic E-state index is 13.8. The first-order valence-corrected chi connectivity index (χ1v) is 13.5. The monoisotopic (exact) mass is 490 g/mol. The van der Waals surface area contributed by atoms with Crippen LogP contribution in [-0.2, 0) is 28.7 Å². The summed E-state index contributed by atoms with van der Waals surface area (Å²) in [6.07, 6.45) is 5.80. The lowest BCUT2D eigenvalue weighted by Gasteiger charge is -2.62. The molecule has 0 radical (unpaired) electrons. The van der Waals surface area contributed by atoms with Crippen molar-refractivity contribution in [2.45, 2.75) is 105 Å². The first kappa shape index (κ1) is 26.2. The van der Waals surface area contributed by atoms with Crippen molar-refractivity contribution in [3.05, 3.63) is 0 Å². The Labute approximate surface area is 208 Å². The van der Waals surface area contributed by atoms with E-state index in [2.05, 4.69) is 20.8 Å². The van der Waals surface area contributed by atoms with Gasteiger partial charge in [-0.2, -0.15) is 0 Å². The van der Waals surface area contributed by atoms with Crippen LogP contribution in [0.2, 0.25) is 0 Å². The molecule has 0 heterocycles. The van der Waals surface area contributed by atoms with Crippen molar-refractivity contribution in [2.24, 2.45) is 46.3 Å². The second-order valence-corrected chi connectivity index (χ2v) is 12.4. The van der Waals surface area contributed by atoms with Crippen LogP contribution in [0.25, 0.3) is 0 Å². The van der Waals surface area contributed by atoms with E-state index in [1.807, 2.05) is 0 Å². The number of fused-ring (bicyclic) bond motifs is 5. The molecule has 0 spiro atoms. The van der Waals surface area contributed by atoms with Crippen molar-refractivity contribution in [2.75, 3.05) is 0 Å². The van der Waals surface area contributed by atoms with Gasteiger partial charge in [-0.25, -0.2) is 0 Å².